The van der Waals surface area contributed by atoms with E-state index in [9.17, 15) is 0 Å². The van der Waals surface area contributed by atoms with Crippen LogP contribution in [0.5, 0.6) is 11.5 Å². The minimum atomic E-state index is 0.122. The minimum Gasteiger partial charge on any atom is -0.467 e. The zero-order chi connectivity index (χ0) is 28.9. The van der Waals surface area contributed by atoms with Crippen LogP contribution in [0.15, 0.2) is 30.3 Å². The Morgan fingerprint density at radius 3 is 2.46 bits per heavy atom. The molecule has 0 radical (unpaired) electrons. The lowest BCUT2D eigenvalue weighted by molar-refractivity contribution is -0.301. The molecule has 9 heteroatoms. The molecule has 3 aromatic rings. The predicted molar refractivity (Wildman–Crippen MR) is 158 cm³/mol. The summed E-state index contributed by atoms with van der Waals surface area (Å²) in [6.45, 7) is 7.12. The van der Waals surface area contributed by atoms with Gasteiger partial charge >= 0.3 is 0 Å². The largest absolute Gasteiger partial charge is 0.467 e. The number of rotatable bonds is 18. The monoisotopic (exact) mass is 570 g/mol. The third-order valence-corrected chi connectivity index (χ3v) is 7.41. The Labute approximate surface area is 243 Å². The van der Waals surface area contributed by atoms with Crippen LogP contribution in [0.4, 0.5) is 0 Å². The molecule has 0 saturated heterocycles. The fourth-order valence-electron chi connectivity index (χ4n) is 5.52. The number of hydrogen-bond acceptors (Lipinski definition) is 8. The van der Waals surface area contributed by atoms with Gasteiger partial charge in [0.15, 0.2) is 13.6 Å². The van der Waals surface area contributed by atoms with E-state index in [-0.39, 0.29) is 20.2 Å². The van der Waals surface area contributed by atoms with E-state index in [4.69, 9.17) is 38.4 Å². The molecule has 2 heterocycles. The van der Waals surface area contributed by atoms with Gasteiger partial charge in [0.25, 0.3) is 0 Å². The second-order valence-corrected chi connectivity index (χ2v) is 10.3. The van der Waals surface area contributed by atoms with Gasteiger partial charge in [-0.05, 0) is 61.9 Å². The highest BCUT2D eigenvalue weighted by Gasteiger charge is 2.29. The van der Waals surface area contributed by atoms with Crippen LogP contribution in [0.2, 0.25) is 0 Å². The molecule has 1 aliphatic carbocycles. The van der Waals surface area contributed by atoms with Crippen LogP contribution in [-0.2, 0) is 37.1 Å². The molecule has 0 amide bonds. The van der Waals surface area contributed by atoms with Crippen LogP contribution in [0, 0.1) is 0 Å². The van der Waals surface area contributed by atoms with Crippen LogP contribution in [-0.4, -0.2) is 57.2 Å². The van der Waals surface area contributed by atoms with Gasteiger partial charge in [0.1, 0.15) is 23.8 Å². The van der Waals surface area contributed by atoms with Crippen LogP contribution < -0.4 is 9.47 Å². The standard InChI is InChI=1S/C32H46N2O7/c1-5-7-18-37-19-17-34-31(27-16-14-26(38-22-35-3)20-29(27)39-23-36-4)30(24-11-9-8-10-12-24)28-15-13-25(33-32(28)34)21-41-40-6-2/h13-16,20,24H,5-12,17-19,21-23H2,1-4H3. The number of benzene rings is 1. The summed E-state index contributed by atoms with van der Waals surface area (Å²) < 4.78 is 30.7. The number of aromatic nitrogens is 2. The van der Waals surface area contributed by atoms with E-state index in [0.29, 0.717) is 37.2 Å². The third kappa shape index (κ3) is 8.20. The molecular formula is C32H46N2O7. The zero-order valence-corrected chi connectivity index (χ0v) is 25.1. The fourth-order valence-corrected chi connectivity index (χ4v) is 5.52. The molecule has 4 rings (SSSR count). The van der Waals surface area contributed by atoms with Crippen LogP contribution in [0.25, 0.3) is 22.3 Å². The summed E-state index contributed by atoms with van der Waals surface area (Å²) in [5.74, 6) is 1.78. The summed E-state index contributed by atoms with van der Waals surface area (Å²) in [6.07, 6.45) is 8.17. The van der Waals surface area contributed by atoms with E-state index in [0.717, 1.165) is 60.3 Å². The van der Waals surface area contributed by atoms with Gasteiger partial charge in [-0.25, -0.2) is 14.8 Å². The van der Waals surface area contributed by atoms with Crippen molar-refractivity contribution < 1.29 is 33.5 Å². The van der Waals surface area contributed by atoms with E-state index >= 15 is 0 Å². The van der Waals surface area contributed by atoms with Gasteiger partial charge in [-0.3, -0.25) is 0 Å². The molecule has 9 nitrogen and oxygen atoms in total. The molecule has 0 spiro atoms. The molecule has 0 aliphatic heterocycles. The van der Waals surface area contributed by atoms with Gasteiger partial charge < -0.3 is 28.3 Å². The smallest absolute Gasteiger partial charge is 0.188 e. The second kappa shape index (κ2) is 16.7. The maximum atomic E-state index is 6.16. The van der Waals surface area contributed by atoms with Crippen molar-refractivity contribution in [2.75, 3.05) is 47.6 Å². The molecule has 1 fully saturated rings. The van der Waals surface area contributed by atoms with Crippen molar-refractivity contribution in [3.05, 3.63) is 41.6 Å². The van der Waals surface area contributed by atoms with E-state index < -0.39 is 0 Å². The molecular weight excluding hydrogens is 524 g/mol. The number of fused-ring (bicyclic) bond motifs is 1. The first-order valence-electron chi connectivity index (χ1n) is 14.9. The number of methoxy groups -OCH3 is 2. The van der Waals surface area contributed by atoms with Gasteiger partial charge in [0.2, 0.25) is 0 Å². The van der Waals surface area contributed by atoms with Gasteiger partial charge in [-0.1, -0.05) is 32.6 Å². The Kier molecular flexibility index (Phi) is 12.7. The maximum Gasteiger partial charge on any atom is 0.188 e. The van der Waals surface area contributed by atoms with Gasteiger partial charge in [0.05, 0.1) is 24.6 Å². The molecule has 1 aliphatic rings. The molecule has 0 N–H and O–H groups in total. The van der Waals surface area contributed by atoms with Crippen molar-refractivity contribution in [2.45, 2.75) is 77.9 Å². The molecule has 1 saturated carbocycles. The summed E-state index contributed by atoms with van der Waals surface area (Å²) in [5.41, 5.74) is 5.16. The van der Waals surface area contributed by atoms with Crippen molar-refractivity contribution in [1.82, 2.24) is 9.55 Å². The summed E-state index contributed by atoms with van der Waals surface area (Å²) in [7, 11) is 3.23. The van der Waals surface area contributed by atoms with Crippen molar-refractivity contribution >= 4 is 11.0 Å². The molecule has 0 bridgehead atoms. The van der Waals surface area contributed by atoms with Crippen molar-refractivity contribution in [3.63, 3.8) is 0 Å². The van der Waals surface area contributed by atoms with Gasteiger partial charge in [-0.2, -0.15) is 0 Å². The summed E-state index contributed by atoms with van der Waals surface area (Å²) in [6, 6.07) is 10.2. The predicted octanol–water partition coefficient (Wildman–Crippen LogP) is 7.00. The molecule has 2 aromatic heterocycles. The highest BCUT2D eigenvalue weighted by atomic mass is 17.2. The first-order valence-corrected chi connectivity index (χ1v) is 14.9. The quantitative estimate of drug-likeness (QED) is 0.0700. The van der Waals surface area contributed by atoms with Gasteiger partial charge in [0, 0.05) is 44.4 Å². The Balaban J connectivity index is 1.88. The van der Waals surface area contributed by atoms with Crippen molar-refractivity contribution in [1.29, 1.82) is 0 Å². The number of nitrogens with zero attached hydrogens (tertiary/aromatic N) is 2. The van der Waals surface area contributed by atoms with Crippen LogP contribution in [0.1, 0.15) is 76.0 Å². The molecule has 41 heavy (non-hydrogen) atoms. The maximum absolute atomic E-state index is 6.16. The van der Waals surface area contributed by atoms with Gasteiger partial charge in [-0.15, -0.1) is 0 Å². The molecule has 1 aromatic carbocycles. The highest BCUT2D eigenvalue weighted by molar-refractivity contribution is 5.92. The van der Waals surface area contributed by atoms with Crippen LogP contribution in [0.3, 0.4) is 0 Å². The number of pyridine rings is 1. The number of hydrogen-bond donors (Lipinski definition) is 0. The molecule has 226 valence electrons. The topological polar surface area (TPSA) is 82.4 Å². The lowest BCUT2D eigenvalue weighted by Crippen LogP contribution is -2.12. The molecule has 0 unspecified atom stereocenters. The Bertz CT molecular complexity index is 1210. The fraction of sp³-hybridized carbons (Fsp3) is 0.594. The van der Waals surface area contributed by atoms with E-state index in [1.54, 1.807) is 14.2 Å². The first kappa shape index (κ1) is 31.3. The lowest BCUT2D eigenvalue weighted by atomic mass is 9.82. The number of ether oxygens (including phenoxy) is 5. The summed E-state index contributed by atoms with van der Waals surface area (Å²) >= 11 is 0. The Morgan fingerprint density at radius 2 is 1.71 bits per heavy atom. The first-order chi connectivity index (χ1) is 20.2. The highest BCUT2D eigenvalue weighted by Crippen LogP contribution is 2.46. The van der Waals surface area contributed by atoms with E-state index in [1.165, 1.54) is 24.8 Å². The normalized spacial score (nSPS) is 14.1. The van der Waals surface area contributed by atoms with E-state index in [2.05, 4.69) is 23.6 Å². The van der Waals surface area contributed by atoms with E-state index in [1.807, 2.05) is 25.1 Å². The average Bonchev–Trinajstić information content (AvgIpc) is 3.32. The molecule has 0 atom stereocenters. The Hall–Kier alpha value is -2.69. The van der Waals surface area contributed by atoms with Crippen LogP contribution >= 0.6 is 0 Å². The summed E-state index contributed by atoms with van der Waals surface area (Å²) in [5, 5.41) is 1.16. The van der Waals surface area contributed by atoms with Crippen molar-refractivity contribution in [2.24, 2.45) is 0 Å². The second-order valence-electron chi connectivity index (χ2n) is 10.3. The average molecular weight is 571 g/mol. The Morgan fingerprint density at radius 1 is 0.902 bits per heavy atom. The lowest BCUT2D eigenvalue weighted by Gasteiger charge is -2.24. The van der Waals surface area contributed by atoms with Crippen molar-refractivity contribution in [3.8, 4) is 22.8 Å². The zero-order valence-electron chi connectivity index (χ0n) is 25.1. The third-order valence-electron chi connectivity index (χ3n) is 7.41. The summed E-state index contributed by atoms with van der Waals surface area (Å²) in [4.78, 5) is 15.6. The minimum absolute atomic E-state index is 0.122. The SMILES string of the molecule is CCCCOCCn1c(-c2ccc(OCOC)cc2OCOC)c(C2CCCCC2)c2ccc(COOCC)nc21. The number of unbranched alkanes of at least 4 members (excludes halogenated alkanes) is 1.